The van der Waals surface area contributed by atoms with Gasteiger partial charge in [-0.3, -0.25) is 0 Å². The summed E-state index contributed by atoms with van der Waals surface area (Å²) in [6.07, 6.45) is 7.32. The number of nitrogens with zero attached hydrogens (tertiary/aromatic N) is 3. The minimum Gasteiger partial charge on any atom is -0.356 e. The van der Waals surface area contributed by atoms with Gasteiger partial charge in [0.05, 0.1) is 59.3 Å². The predicted octanol–water partition coefficient (Wildman–Crippen LogP) is 7.14. The van der Waals surface area contributed by atoms with E-state index in [1.165, 1.54) is 0 Å². The first kappa shape index (κ1) is 58.6. The van der Waals surface area contributed by atoms with Gasteiger partial charge in [-0.05, 0) is 76.0 Å². The Morgan fingerprint density at radius 3 is 0.928 bits per heavy atom. The summed E-state index contributed by atoms with van der Waals surface area (Å²) in [6.45, 7) is 15.6. The molecule has 384 valence electrons. The number of unbranched alkanes of at least 4 members (excludes halogenated alkanes) is 3. The number of aromatic nitrogens is 3. The lowest BCUT2D eigenvalue weighted by Crippen LogP contribution is -2.55. The summed E-state index contributed by atoms with van der Waals surface area (Å²) in [5, 5.41) is 3.02. The molecular formula is C51H78N3O12P3. The predicted molar refractivity (Wildman–Crippen MR) is 280 cm³/mol. The molecule has 18 heteroatoms. The first-order valence-electron chi connectivity index (χ1n) is 24.7. The van der Waals surface area contributed by atoms with Gasteiger partial charge in [-0.1, -0.05) is 113 Å². The molecule has 15 nitrogen and oxygen atoms in total. The second-order valence-corrected chi connectivity index (χ2v) is 19.5. The van der Waals surface area contributed by atoms with Gasteiger partial charge < -0.3 is 42.0 Å². The van der Waals surface area contributed by atoms with E-state index in [2.05, 4.69) is 20.8 Å². The molecule has 6 atom stereocenters. The van der Waals surface area contributed by atoms with E-state index in [1.54, 1.807) is 0 Å². The maximum atomic E-state index is 14.0. The fourth-order valence-corrected chi connectivity index (χ4v) is 9.45. The Labute approximate surface area is 414 Å². The van der Waals surface area contributed by atoms with Crippen LogP contribution >= 0.6 is 26.4 Å². The van der Waals surface area contributed by atoms with Crippen molar-refractivity contribution in [3.63, 3.8) is 0 Å². The van der Waals surface area contributed by atoms with E-state index in [0.717, 1.165) is 84.8 Å². The summed E-state index contributed by atoms with van der Waals surface area (Å²) < 4.78 is 56.4. The van der Waals surface area contributed by atoms with Crippen molar-refractivity contribution in [1.29, 1.82) is 0 Å². The Bertz CT molecular complexity index is 1930. The van der Waals surface area contributed by atoms with E-state index < -0.39 is 17.1 Å². The topological polar surface area (TPSA) is 149 Å². The summed E-state index contributed by atoms with van der Waals surface area (Å²) in [5.41, 5.74) is 1.10. The highest BCUT2D eigenvalue weighted by Gasteiger charge is 2.17. The molecule has 0 N–H and O–H groups in total. The highest BCUT2D eigenvalue weighted by atomic mass is 31.1. The fourth-order valence-electron chi connectivity index (χ4n) is 6.90. The summed E-state index contributed by atoms with van der Waals surface area (Å²) in [6, 6.07) is 23.9. The van der Waals surface area contributed by atoms with E-state index in [1.807, 2.05) is 93.6 Å². The Kier molecular flexibility index (Phi) is 29.9. The monoisotopic (exact) mass is 1020 g/mol. The molecule has 1 heterocycles. The minimum absolute atomic E-state index is 0.0337. The van der Waals surface area contributed by atoms with Crippen molar-refractivity contribution >= 4 is 42.3 Å². The lowest BCUT2D eigenvalue weighted by atomic mass is 10.2. The molecule has 3 aromatic carbocycles. The molecule has 0 aliphatic rings. The molecule has 0 radical (unpaired) electrons. The van der Waals surface area contributed by atoms with Crippen molar-refractivity contribution in [2.24, 2.45) is 0 Å². The molecular weight excluding hydrogens is 939 g/mol. The van der Waals surface area contributed by atoms with Crippen LogP contribution in [0.4, 0.5) is 0 Å². The Balaban J connectivity index is 1.41. The molecule has 4 rings (SSSR count). The maximum Gasteiger partial charge on any atom is 0.336 e. The summed E-state index contributed by atoms with van der Waals surface area (Å²) >= 11 is 0. The second kappa shape index (κ2) is 35.2. The van der Waals surface area contributed by atoms with Gasteiger partial charge in [0.2, 0.25) is 0 Å². The number of rotatable bonds is 39. The Hall–Kier alpha value is -3.00. The van der Waals surface area contributed by atoms with Gasteiger partial charge in [-0.25, -0.2) is 28.1 Å². The van der Waals surface area contributed by atoms with Gasteiger partial charge in [0.15, 0.2) is 18.9 Å². The lowest BCUT2D eigenvalue weighted by molar-refractivity contribution is -0.130. The van der Waals surface area contributed by atoms with Crippen LogP contribution in [0.2, 0.25) is 0 Å². The van der Waals surface area contributed by atoms with Crippen LogP contribution in [0.1, 0.15) is 96.8 Å². The van der Waals surface area contributed by atoms with Crippen LogP contribution in [0.15, 0.2) is 87.2 Å². The highest BCUT2D eigenvalue weighted by Crippen LogP contribution is 2.19. The zero-order chi connectivity index (χ0) is 49.5. The molecule has 1 aromatic heterocycles. The largest absolute Gasteiger partial charge is 0.356 e. The Morgan fingerprint density at radius 2 is 0.652 bits per heavy atom. The van der Waals surface area contributed by atoms with Crippen LogP contribution in [-0.4, -0.2) is 92.0 Å². The van der Waals surface area contributed by atoms with Crippen molar-refractivity contribution in [3.05, 3.63) is 121 Å². The smallest absolute Gasteiger partial charge is 0.336 e. The quantitative estimate of drug-likeness (QED) is 0.0254. The molecule has 0 spiro atoms. The van der Waals surface area contributed by atoms with Crippen molar-refractivity contribution in [2.45, 2.75) is 138 Å². The zero-order valence-corrected chi connectivity index (χ0v) is 44.8. The third-order valence-electron chi connectivity index (χ3n) is 11.0. The molecule has 0 fully saturated rings. The second-order valence-electron chi connectivity index (χ2n) is 16.4. The standard InChI is InChI=1S/C51H78N3O12P3/c1-7-10-31-58-40(4)61-34-25-43-19-13-16-22-46(43)67-64-37-28-52-49(55)53(29-38-65-68-47-23-17-14-20-44(47)26-35-62-41(5)59-32-11-8-2)51(57)54(50(52)56)30-39-66-69-48-24-18-15-21-45(48)27-36-63-42(6)60-33-12-9-3/h13-24,40-42,67-69H,7-12,25-39H2,1-6H3. The molecule has 0 aliphatic carbocycles. The van der Waals surface area contributed by atoms with Crippen LogP contribution in [0.5, 0.6) is 0 Å². The molecule has 69 heavy (non-hydrogen) atoms. The van der Waals surface area contributed by atoms with E-state index in [-0.39, 0.29) is 84.7 Å². The third kappa shape index (κ3) is 22.1. The molecule has 0 aliphatic heterocycles. The van der Waals surface area contributed by atoms with Gasteiger partial charge in [0.25, 0.3) is 0 Å². The van der Waals surface area contributed by atoms with Crippen LogP contribution < -0.4 is 33.0 Å². The highest BCUT2D eigenvalue weighted by molar-refractivity contribution is 7.42. The third-order valence-corrected chi connectivity index (χ3v) is 14.1. The normalized spacial score (nSPS) is 13.5. The lowest BCUT2D eigenvalue weighted by Gasteiger charge is -2.16. The average Bonchev–Trinajstić information content (AvgIpc) is 3.34. The molecule has 6 unspecified atom stereocenters. The Morgan fingerprint density at radius 1 is 0.391 bits per heavy atom. The molecule has 4 aromatic rings. The van der Waals surface area contributed by atoms with Crippen molar-refractivity contribution in [2.75, 3.05) is 59.5 Å². The molecule has 0 saturated heterocycles. The number of ether oxygens (including phenoxy) is 6. The first-order chi connectivity index (χ1) is 33.7. The van der Waals surface area contributed by atoms with Crippen molar-refractivity contribution in [3.8, 4) is 0 Å². The van der Waals surface area contributed by atoms with Crippen LogP contribution in [-0.2, 0) is 80.9 Å². The van der Waals surface area contributed by atoms with Crippen molar-refractivity contribution in [1.82, 2.24) is 13.7 Å². The molecule has 0 amide bonds. The molecule has 0 bridgehead atoms. The van der Waals surface area contributed by atoms with E-state index in [9.17, 15) is 14.4 Å². The number of benzene rings is 3. The van der Waals surface area contributed by atoms with Crippen LogP contribution in [0.3, 0.4) is 0 Å². The molecule has 0 saturated carbocycles. The van der Waals surface area contributed by atoms with Crippen LogP contribution in [0.25, 0.3) is 0 Å². The van der Waals surface area contributed by atoms with Crippen LogP contribution in [0, 0.1) is 0 Å². The van der Waals surface area contributed by atoms with E-state index >= 15 is 0 Å². The summed E-state index contributed by atoms with van der Waals surface area (Å²) in [5.74, 6) is 0. The zero-order valence-electron chi connectivity index (χ0n) is 41.8. The average molecular weight is 1020 g/mol. The fraction of sp³-hybridized carbons (Fsp3) is 0.588. The summed E-state index contributed by atoms with van der Waals surface area (Å²) in [7, 11) is -0.101. The number of hydrogen-bond acceptors (Lipinski definition) is 12. The van der Waals surface area contributed by atoms with Gasteiger partial charge >= 0.3 is 17.1 Å². The van der Waals surface area contributed by atoms with Gasteiger partial charge in [-0.2, -0.15) is 0 Å². The van der Waals surface area contributed by atoms with Crippen molar-refractivity contribution < 1.29 is 42.0 Å². The van der Waals surface area contributed by atoms with E-state index in [4.69, 9.17) is 42.0 Å². The van der Waals surface area contributed by atoms with Gasteiger partial charge in [-0.15, -0.1) is 0 Å². The number of hydrogen-bond donors (Lipinski definition) is 0. The van der Waals surface area contributed by atoms with Gasteiger partial charge in [0.1, 0.15) is 0 Å². The van der Waals surface area contributed by atoms with Gasteiger partial charge in [0, 0.05) is 62.2 Å². The minimum atomic E-state index is -0.718. The maximum absolute atomic E-state index is 14.0. The van der Waals surface area contributed by atoms with E-state index in [0.29, 0.717) is 58.9 Å². The SMILES string of the molecule is CCCCOC(C)OCCc1ccccc1POCCn1c(=O)n(CCOPc2ccccc2CCOC(C)OCCCC)c(=O)n(CCOPc2ccccc2CCOC(C)OCCCC)c1=O. The summed E-state index contributed by atoms with van der Waals surface area (Å²) in [4.78, 5) is 41.9. The first-order valence-corrected chi connectivity index (χ1v) is 27.4.